The van der Waals surface area contributed by atoms with Crippen molar-refractivity contribution in [1.29, 1.82) is 0 Å². The Morgan fingerprint density at radius 2 is 2.00 bits per heavy atom. The van der Waals surface area contributed by atoms with E-state index in [0.717, 1.165) is 5.56 Å². The van der Waals surface area contributed by atoms with Crippen LogP contribution in [-0.4, -0.2) is 22.1 Å². The van der Waals surface area contributed by atoms with Crippen LogP contribution in [-0.2, 0) is 4.79 Å². The Hall–Kier alpha value is -1.09. The van der Waals surface area contributed by atoms with Crippen molar-refractivity contribution in [3.05, 3.63) is 35.9 Å². The smallest absolute Gasteiger partial charge is 0.215 e. The number of hydrogen-bond acceptors (Lipinski definition) is 3. The molecular weight excluding hydrogens is 206 g/mol. The molecule has 0 bridgehead atoms. The normalized spacial score (nSPS) is 24.1. The van der Waals surface area contributed by atoms with Gasteiger partial charge in [0, 0.05) is 11.0 Å². The minimum atomic E-state index is -0.178. The average Bonchev–Trinajstić information content (AvgIpc) is 2.18. The standard InChI is InChI=1S/C12H13NOS/c1-12(2)10(11(14)15-12)13-8-9-6-4-3-5-7-9/h3-8,10H,1-2H3/t10-/m0/s1. The van der Waals surface area contributed by atoms with Gasteiger partial charge in [0.15, 0.2) is 0 Å². The molecule has 3 heteroatoms. The van der Waals surface area contributed by atoms with Crippen LogP contribution in [0.25, 0.3) is 0 Å². The van der Waals surface area contributed by atoms with Crippen molar-refractivity contribution < 1.29 is 4.79 Å². The molecule has 1 fully saturated rings. The number of hydrogen-bond donors (Lipinski definition) is 0. The van der Waals surface area contributed by atoms with Crippen LogP contribution < -0.4 is 0 Å². The lowest BCUT2D eigenvalue weighted by Crippen LogP contribution is -2.48. The van der Waals surface area contributed by atoms with E-state index in [9.17, 15) is 4.79 Å². The Kier molecular flexibility index (Phi) is 2.65. The van der Waals surface area contributed by atoms with Crippen LogP contribution in [0.2, 0.25) is 0 Å². The zero-order valence-corrected chi connectivity index (χ0v) is 9.62. The van der Waals surface area contributed by atoms with Gasteiger partial charge in [0.25, 0.3) is 0 Å². The van der Waals surface area contributed by atoms with Crippen molar-refractivity contribution in [2.24, 2.45) is 4.99 Å². The van der Waals surface area contributed by atoms with Crippen molar-refractivity contribution in [3.63, 3.8) is 0 Å². The zero-order valence-electron chi connectivity index (χ0n) is 8.81. The first-order valence-corrected chi connectivity index (χ1v) is 5.72. The van der Waals surface area contributed by atoms with Gasteiger partial charge >= 0.3 is 0 Å². The van der Waals surface area contributed by atoms with E-state index in [1.165, 1.54) is 11.8 Å². The van der Waals surface area contributed by atoms with E-state index in [0.29, 0.717) is 0 Å². The third kappa shape index (κ3) is 2.12. The molecule has 1 aliphatic heterocycles. The molecule has 0 unspecified atom stereocenters. The molecule has 0 saturated carbocycles. The number of benzene rings is 1. The maximum Gasteiger partial charge on any atom is 0.215 e. The van der Waals surface area contributed by atoms with Crippen LogP contribution in [0.4, 0.5) is 0 Å². The topological polar surface area (TPSA) is 29.4 Å². The first-order valence-electron chi connectivity index (χ1n) is 4.91. The van der Waals surface area contributed by atoms with Gasteiger partial charge in [0.2, 0.25) is 5.12 Å². The molecule has 1 aliphatic rings. The molecule has 0 amide bonds. The number of thioether (sulfide) groups is 1. The van der Waals surface area contributed by atoms with Crippen molar-refractivity contribution in [2.45, 2.75) is 24.6 Å². The van der Waals surface area contributed by atoms with Crippen LogP contribution in [0.15, 0.2) is 35.3 Å². The van der Waals surface area contributed by atoms with Gasteiger partial charge in [-0.25, -0.2) is 0 Å². The van der Waals surface area contributed by atoms with Crippen molar-refractivity contribution in [1.82, 2.24) is 0 Å². The van der Waals surface area contributed by atoms with Crippen molar-refractivity contribution in [2.75, 3.05) is 0 Å². The van der Waals surface area contributed by atoms with Gasteiger partial charge in [0.1, 0.15) is 6.04 Å². The SMILES string of the molecule is CC1(C)SC(=O)[C@@H]1N=Cc1ccccc1. The Morgan fingerprint density at radius 3 is 2.53 bits per heavy atom. The summed E-state index contributed by atoms with van der Waals surface area (Å²) in [5.74, 6) is 0. The molecule has 0 N–H and O–H groups in total. The minimum absolute atomic E-state index is 0.0393. The van der Waals surface area contributed by atoms with E-state index in [4.69, 9.17) is 0 Å². The molecule has 1 heterocycles. The second-order valence-corrected chi connectivity index (χ2v) is 5.77. The molecule has 2 rings (SSSR count). The fourth-order valence-electron chi connectivity index (χ4n) is 1.54. The van der Waals surface area contributed by atoms with E-state index in [2.05, 4.69) is 4.99 Å². The van der Waals surface area contributed by atoms with Crippen LogP contribution >= 0.6 is 11.8 Å². The van der Waals surface area contributed by atoms with E-state index in [1.807, 2.05) is 44.2 Å². The summed E-state index contributed by atoms with van der Waals surface area (Å²) in [6, 6.07) is 9.67. The number of aliphatic imine (C=N–C) groups is 1. The van der Waals surface area contributed by atoms with Gasteiger partial charge in [-0.05, 0) is 19.4 Å². The molecule has 1 aromatic carbocycles. The van der Waals surface area contributed by atoms with Gasteiger partial charge < -0.3 is 0 Å². The van der Waals surface area contributed by atoms with Crippen LogP contribution in [0.3, 0.4) is 0 Å². The highest BCUT2D eigenvalue weighted by molar-refractivity contribution is 8.17. The summed E-state index contributed by atoms with van der Waals surface area (Å²) in [4.78, 5) is 15.7. The Morgan fingerprint density at radius 1 is 1.33 bits per heavy atom. The lowest BCUT2D eigenvalue weighted by atomic mass is 10.0. The molecule has 0 aliphatic carbocycles. The Bertz CT molecular complexity index is 397. The molecule has 15 heavy (non-hydrogen) atoms. The predicted molar refractivity (Wildman–Crippen MR) is 64.5 cm³/mol. The number of nitrogens with zero attached hydrogens (tertiary/aromatic N) is 1. The molecule has 2 nitrogen and oxygen atoms in total. The van der Waals surface area contributed by atoms with Crippen LogP contribution in [0.1, 0.15) is 19.4 Å². The highest BCUT2D eigenvalue weighted by Gasteiger charge is 2.47. The summed E-state index contributed by atoms with van der Waals surface area (Å²) in [5.41, 5.74) is 1.04. The molecular formula is C12H13NOS. The van der Waals surface area contributed by atoms with E-state index in [-0.39, 0.29) is 15.9 Å². The fraction of sp³-hybridized carbons (Fsp3) is 0.333. The third-order valence-electron chi connectivity index (χ3n) is 2.42. The minimum Gasteiger partial charge on any atom is -0.285 e. The maximum atomic E-state index is 11.3. The Labute approximate surface area is 93.8 Å². The number of carbonyl (C=O) groups excluding carboxylic acids is 1. The quantitative estimate of drug-likeness (QED) is 0.715. The molecule has 78 valence electrons. The summed E-state index contributed by atoms with van der Waals surface area (Å²) in [5, 5.41) is 0.173. The van der Waals surface area contributed by atoms with Gasteiger partial charge in [-0.15, -0.1) is 0 Å². The van der Waals surface area contributed by atoms with Crippen molar-refractivity contribution >= 4 is 23.1 Å². The van der Waals surface area contributed by atoms with Gasteiger partial charge in [0.05, 0.1) is 0 Å². The fourth-order valence-corrected chi connectivity index (χ4v) is 2.62. The van der Waals surface area contributed by atoms with Gasteiger partial charge in [-0.2, -0.15) is 0 Å². The Balaban J connectivity index is 2.09. The summed E-state index contributed by atoms with van der Waals surface area (Å²) < 4.78 is -0.0393. The number of rotatable bonds is 2. The van der Waals surface area contributed by atoms with E-state index in [1.54, 1.807) is 6.21 Å². The largest absolute Gasteiger partial charge is 0.285 e. The second kappa shape index (κ2) is 3.81. The van der Waals surface area contributed by atoms with E-state index >= 15 is 0 Å². The molecule has 0 radical (unpaired) electrons. The summed E-state index contributed by atoms with van der Waals surface area (Å²) in [7, 11) is 0. The van der Waals surface area contributed by atoms with E-state index < -0.39 is 0 Å². The third-order valence-corrected chi connectivity index (χ3v) is 3.59. The molecule has 1 saturated heterocycles. The average molecular weight is 219 g/mol. The zero-order chi connectivity index (χ0) is 10.9. The summed E-state index contributed by atoms with van der Waals surface area (Å²) in [6.07, 6.45) is 1.78. The summed E-state index contributed by atoms with van der Waals surface area (Å²) in [6.45, 7) is 4.10. The highest BCUT2D eigenvalue weighted by Crippen LogP contribution is 2.43. The van der Waals surface area contributed by atoms with Crippen molar-refractivity contribution in [3.8, 4) is 0 Å². The predicted octanol–water partition coefficient (Wildman–Crippen LogP) is 2.53. The molecule has 1 atom stereocenters. The molecule has 0 spiro atoms. The lowest BCUT2D eigenvalue weighted by Gasteiger charge is -2.38. The second-order valence-electron chi connectivity index (χ2n) is 4.12. The van der Waals surface area contributed by atoms with Crippen LogP contribution in [0.5, 0.6) is 0 Å². The summed E-state index contributed by atoms with van der Waals surface area (Å²) >= 11 is 1.38. The highest BCUT2D eigenvalue weighted by atomic mass is 32.2. The number of carbonyl (C=O) groups is 1. The molecule has 0 aromatic heterocycles. The first-order chi connectivity index (χ1) is 7.09. The van der Waals surface area contributed by atoms with Gasteiger partial charge in [-0.1, -0.05) is 42.1 Å². The maximum absolute atomic E-state index is 11.3. The van der Waals surface area contributed by atoms with Crippen LogP contribution in [0, 0.1) is 0 Å². The lowest BCUT2D eigenvalue weighted by molar-refractivity contribution is -0.114. The van der Waals surface area contributed by atoms with Gasteiger partial charge in [-0.3, -0.25) is 9.79 Å². The molecule has 1 aromatic rings. The first kappa shape index (κ1) is 10.4. The monoisotopic (exact) mass is 219 g/mol.